The van der Waals surface area contributed by atoms with E-state index >= 15 is 0 Å². The van der Waals surface area contributed by atoms with Crippen molar-refractivity contribution in [3.8, 4) is 0 Å². The number of allylic oxidation sites excluding steroid dienone is 1. The van der Waals surface area contributed by atoms with Crippen molar-refractivity contribution in [3.63, 3.8) is 0 Å². The summed E-state index contributed by atoms with van der Waals surface area (Å²) in [6, 6.07) is 0. The first-order chi connectivity index (χ1) is 7.92. The number of carbonyl (C=O) groups is 2. The van der Waals surface area contributed by atoms with Crippen LogP contribution in [0.15, 0.2) is 12.2 Å². The summed E-state index contributed by atoms with van der Waals surface area (Å²) >= 11 is 4.75. The Morgan fingerprint density at radius 3 is 2.56 bits per heavy atom. The third kappa shape index (κ3) is 3.88. The van der Waals surface area contributed by atoms with Gasteiger partial charge in [-0.2, -0.15) is 0 Å². The maximum Gasteiger partial charge on any atom is 1.00 e. The van der Waals surface area contributed by atoms with E-state index in [2.05, 4.69) is 17.2 Å². The van der Waals surface area contributed by atoms with Gasteiger partial charge >= 0.3 is 29.6 Å². The number of hydrogen-bond acceptors (Lipinski definition) is 3. The number of rotatable bonds is 5. The van der Waals surface area contributed by atoms with E-state index in [1.807, 2.05) is 6.92 Å². The molecular weight excluding hydrogens is 259 g/mol. The van der Waals surface area contributed by atoms with Crippen LogP contribution in [0.2, 0.25) is 0 Å². The van der Waals surface area contributed by atoms with Gasteiger partial charge in [0.2, 0.25) is 0 Å². The number of hydrogen-bond donors (Lipinski definition) is 1. The number of nitrogens with zero attached hydrogens (tertiary/aromatic N) is 1. The van der Waals surface area contributed by atoms with E-state index in [4.69, 9.17) is 12.2 Å². The zero-order valence-corrected chi connectivity index (χ0v) is 14.0. The Morgan fingerprint density at radius 2 is 2.11 bits per heavy atom. The maximum atomic E-state index is 12.1. The molecule has 18 heavy (non-hydrogen) atoms. The fraction of sp³-hybridized carbons (Fsp3) is 0.583. The minimum atomic E-state index is -1.09. The Bertz CT molecular complexity index is 362. The van der Waals surface area contributed by atoms with Gasteiger partial charge in [-0.3, -0.25) is 9.59 Å². The zero-order chi connectivity index (χ0) is 13.1. The van der Waals surface area contributed by atoms with Crippen LogP contribution in [0.5, 0.6) is 0 Å². The summed E-state index contributed by atoms with van der Waals surface area (Å²) in [5.74, 6) is -0.762. The molecule has 0 aliphatic carbocycles. The summed E-state index contributed by atoms with van der Waals surface area (Å²) in [4.78, 5) is 24.1. The Kier molecular flexibility index (Phi) is 7.29. The predicted molar refractivity (Wildman–Crippen MR) is 70.5 cm³/mol. The van der Waals surface area contributed by atoms with E-state index in [1.165, 1.54) is 0 Å². The van der Waals surface area contributed by atoms with Gasteiger partial charge in [0.15, 0.2) is 11.8 Å². The maximum absolute atomic E-state index is 12.1. The first kappa shape index (κ1) is 17.8. The van der Waals surface area contributed by atoms with Gasteiger partial charge < -0.3 is 10.6 Å². The first-order valence-electron chi connectivity index (χ1n) is 5.68. The van der Waals surface area contributed by atoms with E-state index in [-0.39, 0.29) is 40.6 Å². The summed E-state index contributed by atoms with van der Waals surface area (Å²) in [6.07, 6.45) is 2.55. The summed E-state index contributed by atoms with van der Waals surface area (Å²) < 4.78 is 0. The van der Waals surface area contributed by atoms with Crippen molar-refractivity contribution >= 4 is 29.1 Å². The molecule has 0 aromatic carbocycles. The topological polar surface area (TPSA) is 60.3 Å². The van der Waals surface area contributed by atoms with Gasteiger partial charge in [0.25, 0.3) is 0 Å². The third-order valence-electron chi connectivity index (χ3n) is 2.83. The molecule has 1 aliphatic heterocycles. The molecule has 1 N–H and O–H groups in total. The summed E-state index contributed by atoms with van der Waals surface area (Å²) in [7, 11) is 0. The van der Waals surface area contributed by atoms with Crippen molar-refractivity contribution in [1.82, 2.24) is 5.32 Å². The fourth-order valence-corrected chi connectivity index (χ4v) is 2.18. The van der Waals surface area contributed by atoms with Gasteiger partial charge in [-0.25, -0.2) is 0 Å². The van der Waals surface area contributed by atoms with Crippen molar-refractivity contribution < 1.29 is 39.1 Å². The number of nitrogens with one attached hydrogen (secondary N) is 1. The van der Waals surface area contributed by atoms with E-state index in [0.29, 0.717) is 12.8 Å². The van der Waals surface area contributed by atoms with Crippen LogP contribution in [0.1, 0.15) is 39.5 Å². The quantitative estimate of drug-likeness (QED) is 0.317. The van der Waals surface area contributed by atoms with E-state index in [1.54, 1.807) is 6.92 Å². The van der Waals surface area contributed by atoms with Crippen molar-refractivity contribution in [2.24, 2.45) is 5.41 Å². The minimum absolute atomic E-state index is 0. The molecule has 0 radical (unpaired) electrons. The molecule has 1 saturated heterocycles. The molecule has 1 heterocycles. The normalized spacial score (nSPS) is 22.9. The molecule has 1 rings (SSSR count). The number of thiocarbonyl (C=S) groups is 1. The monoisotopic (exact) mass is 276 g/mol. The molecule has 0 saturated carbocycles. The van der Waals surface area contributed by atoms with Crippen LogP contribution in [0.3, 0.4) is 0 Å². The zero-order valence-electron chi connectivity index (χ0n) is 11.2. The summed E-state index contributed by atoms with van der Waals surface area (Å²) in [5.41, 5.74) is -0.294. The molecule has 1 atom stereocenters. The van der Waals surface area contributed by atoms with Crippen molar-refractivity contribution in [1.29, 1.82) is 0 Å². The molecule has 0 spiro atoms. The van der Waals surface area contributed by atoms with E-state index in [9.17, 15) is 9.59 Å². The molecule has 2 amide bonds. The molecule has 0 bridgehead atoms. The van der Waals surface area contributed by atoms with Gasteiger partial charge in [0.1, 0.15) is 0 Å². The standard InChI is InChI=1S/C12H18N2O2S.Na/c1-4-5-6-12(7-8(2)3)9(15)13-11(17)14-10(12)16;/h2,4-7H2,1,3H3,(H2,13,14,15,16,17);/q;+1/p-1. The molecule has 1 unspecified atom stereocenters. The van der Waals surface area contributed by atoms with E-state index in [0.717, 1.165) is 18.4 Å². The molecule has 1 aliphatic rings. The van der Waals surface area contributed by atoms with Crippen molar-refractivity contribution in [3.05, 3.63) is 17.5 Å². The van der Waals surface area contributed by atoms with Gasteiger partial charge in [0.05, 0.1) is 5.41 Å². The van der Waals surface area contributed by atoms with Gasteiger partial charge in [-0.05, 0) is 19.8 Å². The Hall–Kier alpha value is -0.230. The van der Waals surface area contributed by atoms with Gasteiger partial charge in [-0.1, -0.05) is 37.6 Å². The average molecular weight is 276 g/mol. The molecule has 6 heteroatoms. The summed E-state index contributed by atoms with van der Waals surface area (Å²) in [6.45, 7) is 7.61. The molecular formula is C12H17N2NaO2S. The number of carbonyl (C=O) groups excluding carboxylic acids is 2. The second kappa shape index (κ2) is 7.38. The largest absolute Gasteiger partial charge is 1.00 e. The smallest absolute Gasteiger partial charge is 0.418 e. The van der Waals surface area contributed by atoms with Crippen LogP contribution < -0.4 is 34.9 Å². The predicted octanol–water partition coefficient (Wildman–Crippen LogP) is -0.552. The first-order valence-corrected chi connectivity index (χ1v) is 6.09. The second-order valence-electron chi connectivity index (χ2n) is 4.50. The van der Waals surface area contributed by atoms with Crippen molar-refractivity contribution in [2.75, 3.05) is 0 Å². The Morgan fingerprint density at radius 1 is 1.50 bits per heavy atom. The fourth-order valence-electron chi connectivity index (χ4n) is 2.00. The van der Waals surface area contributed by atoms with Crippen LogP contribution in [0.25, 0.3) is 5.32 Å². The SMILES string of the molecule is C=C(C)CC1(CCCC)C(=O)[N-]C(=S)NC1=O.[Na+]. The van der Waals surface area contributed by atoms with Gasteiger partial charge in [0, 0.05) is 5.11 Å². The average Bonchev–Trinajstić information content (AvgIpc) is 2.21. The molecule has 1 fully saturated rings. The third-order valence-corrected chi connectivity index (χ3v) is 3.02. The van der Waals surface area contributed by atoms with Crippen LogP contribution in [-0.4, -0.2) is 16.9 Å². The Labute approximate surface area is 135 Å². The molecule has 0 aromatic rings. The van der Waals surface area contributed by atoms with Crippen LogP contribution in [0.4, 0.5) is 0 Å². The number of amides is 2. The Balaban J connectivity index is 0.00000289. The molecule has 94 valence electrons. The summed E-state index contributed by atoms with van der Waals surface area (Å²) in [5, 5.41) is 6.16. The van der Waals surface area contributed by atoms with E-state index < -0.39 is 11.3 Å². The molecule has 0 aromatic heterocycles. The van der Waals surface area contributed by atoms with Crippen molar-refractivity contribution in [2.45, 2.75) is 39.5 Å². The second-order valence-corrected chi connectivity index (χ2v) is 4.88. The minimum Gasteiger partial charge on any atom is -0.418 e. The number of unbranched alkanes of at least 4 members (excludes halogenated alkanes) is 1. The van der Waals surface area contributed by atoms with Crippen LogP contribution in [-0.2, 0) is 9.59 Å². The molecule has 4 nitrogen and oxygen atoms in total. The van der Waals surface area contributed by atoms with Crippen LogP contribution >= 0.6 is 12.2 Å². The van der Waals surface area contributed by atoms with Crippen LogP contribution in [0, 0.1) is 5.41 Å². The van der Waals surface area contributed by atoms with Gasteiger partial charge in [-0.15, -0.1) is 6.58 Å².